The van der Waals surface area contributed by atoms with E-state index < -0.39 is 29.5 Å². The molecule has 1 unspecified atom stereocenters. The van der Waals surface area contributed by atoms with Crippen LogP contribution in [-0.4, -0.2) is 36.1 Å². The van der Waals surface area contributed by atoms with Crippen LogP contribution in [-0.2, 0) is 4.79 Å². The number of carbonyl (C=O) groups excluding carboxylic acids is 2. The molecule has 2 amide bonds. The maximum Gasteiger partial charge on any atom is 0.254 e. The van der Waals surface area contributed by atoms with Gasteiger partial charge in [0.05, 0.1) is 24.8 Å². The topological polar surface area (TPSA) is 78.4 Å². The highest BCUT2D eigenvalue weighted by atomic mass is 19.1. The number of benzene rings is 1. The Morgan fingerprint density at radius 1 is 1.26 bits per heavy atom. The molecule has 1 aromatic carbocycles. The summed E-state index contributed by atoms with van der Waals surface area (Å²) in [5.41, 5.74) is -0.422. The number of amides is 2. The molecule has 7 heteroatoms. The van der Waals surface area contributed by atoms with E-state index in [9.17, 15) is 23.5 Å². The van der Waals surface area contributed by atoms with E-state index in [-0.39, 0.29) is 24.1 Å². The number of rotatable bonds is 6. The lowest BCUT2D eigenvalue weighted by Crippen LogP contribution is -2.45. The van der Waals surface area contributed by atoms with Crippen LogP contribution in [0.5, 0.6) is 0 Å². The number of hydrogen-bond acceptors (Lipinski definition) is 3. The van der Waals surface area contributed by atoms with Crippen molar-refractivity contribution in [3.05, 3.63) is 35.4 Å². The Morgan fingerprint density at radius 3 is 2.43 bits per heavy atom. The second-order valence-corrected chi connectivity index (χ2v) is 6.52. The average Bonchev–Trinajstić information content (AvgIpc) is 2.42. The van der Waals surface area contributed by atoms with Gasteiger partial charge in [-0.15, -0.1) is 0 Å². The third-order valence-electron chi connectivity index (χ3n) is 3.03. The molecule has 1 rings (SSSR count). The van der Waals surface area contributed by atoms with Crippen molar-refractivity contribution >= 4 is 11.8 Å². The molecular weight excluding hydrogens is 306 g/mol. The number of hydrogen-bond donors (Lipinski definition) is 3. The highest BCUT2D eigenvalue weighted by Crippen LogP contribution is 2.20. The molecule has 0 fully saturated rings. The van der Waals surface area contributed by atoms with Gasteiger partial charge >= 0.3 is 0 Å². The molecule has 0 saturated heterocycles. The number of halogens is 2. The highest BCUT2D eigenvalue weighted by molar-refractivity contribution is 5.96. The van der Waals surface area contributed by atoms with Gasteiger partial charge in [-0.1, -0.05) is 20.8 Å². The summed E-state index contributed by atoms with van der Waals surface area (Å²) >= 11 is 0. The third kappa shape index (κ3) is 6.73. The van der Waals surface area contributed by atoms with Crippen LogP contribution < -0.4 is 10.6 Å². The van der Waals surface area contributed by atoms with Crippen LogP contribution in [0.15, 0.2) is 18.2 Å². The number of carbonyl (C=O) groups is 2. The fourth-order valence-corrected chi connectivity index (χ4v) is 2.11. The molecule has 0 aromatic heterocycles. The molecule has 0 saturated carbocycles. The van der Waals surface area contributed by atoms with Crippen molar-refractivity contribution in [1.29, 1.82) is 0 Å². The van der Waals surface area contributed by atoms with Crippen LogP contribution >= 0.6 is 0 Å². The Kier molecular flexibility index (Phi) is 6.62. The standard InChI is InChI=1S/C16H22F2N2O3/c1-16(2,3)7-11(9-21)20-14(22)8-19-15(23)12-5-4-10(17)6-13(12)18/h4-6,11,21H,7-9H2,1-3H3,(H,19,23)(H,20,22). The van der Waals surface area contributed by atoms with Crippen molar-refractivity contribution in [2.24, 2.45) is 5.41 Å². The van der Waals surface area contributed by atoms with Gasteiger partial charge in [-0.3, -0.25) is 9.59 Å². The summed E-state index contributed by atoms with van der Waals surface area (Å²) in [7, 11) is 0. The number of nitrogens with one attached hydrogen (secondary N) is 2. The van der Waals surface area contributed by atoms with Gasteiger partial charge in [-0.25, -0.2) is 8.78 Å². The molecule has 23 heavy (non-hydrogen) atoms. The Labute approximate surface area is 134 Å². The Balaban J connectivity index is 2.53. The first-order valence-electron chi connectivity index (χ1n) is 7.26. The van der Waals surface area contributed by atoms with Gasteiger partial charge in [0.2, 0.25) is 5.91 Å². The van der Waals surface area contributed by atoms with Crippen LogP contribution in [0, 0.1) is 17.0 Å². The molecule has 0 spiro atoms. The quantitative estimate of drug-likeness (QED) is 0.742. The van der Waals surface area contributed by atoms with Gasteiger partial charge in [-0.05, 0) is 24.0 Å². The Hall–Kier alpha value is -2.02. The molecular formula is C16H22F2N2O3. The van der Waals surface area contributed by atoms with Crippen LogP contribution in [0.3, 0.4) is 0 Å². The predicted molar refractivity (Wildman–Crippen MR) is 81.8 cm³/mol. The summed E-state index contributed by atoms with van der Waals surface area (Å²) in [5, 5.41) is 14.1. The van der Waals surface area contributed by atoms with E-state index in [1.165, 1.54) is 0 Å². The summed E-state index contributed by atoms with van der Waals surface area (Å²) in [4.78, 5) is 23.5. The highest BCUT2D eigenvalue weighted by Gasteiger charge is 2.20. The van der Waals surface area contributed by atoms with Crippen LogP contribution in [0.2, 0.25) is 0 Å². The van der Waals surface area contributed by atoms with Gasteiger partial charge in [-0.2, -0.15) is 0 Å². The Bertz CT molecular complexity index is 571. The minimum Gasteiger partial charge on any atom is -0.394 e. The van der Waals surface area contributed by atoms with Gasteiger partial charge in [0.25, 0.3) is 5.91 Å². The van der Waals surface area contributed by atoms with Crippen molar-refractivity contribution in [3.63, 3.8) is 0 Å². The Morgan fingerprint density at radius 2 is 1.91 bits per heavy atom. The molecule has 0 radical (unpaired) electrons. The van der Waals surface area contributed by atoms with Crippen LogP contribution in [0.1, 0.15) is 37.6 Å². The molecule has 0 aliphatic carbocycles. The van der Waals surface area contributed by atoms with Crippen molar-refractivity contribution in [2.45, 2.75) is 33.2 Å². The largest absolute Gasteiger partial charge is 0.394 e. The molecule has 1 aromatic rings. The third-order valence-corrected chi connectivity index (χ3v) is 3.03. The zero-order valence-electron chi connectivity index (χ0n) is 13.5. The van der Waals surface area contributed by atoms with E-state index in [0.717, 1.165) is 12.1 Å². The number of aliphatic hydroxyl groups is 1. The van der Waals surface area contributed by atoms with E-state index in [1.54, 1.807) is 0 Å². The molecule has 0 aliphatic rings. The van der Waals surface area contributed by atoms with Crippen molar-refractivity contribution < 1.29 is 23.5 Å². The molecule has 0 aliphatic heterocycles. The van der Waals surface area contributed by atoms with E-state index in [4.69, 9.17) is 0 Å². The summed E-state index contributed by atoms with van der Waals surface area (Å²) < 4.78 is 26.2. The zero-order valence-corrected chi connectivity index (χ0v) is 13.5. The van der Waals surface area contributed by atoms with Gasteiger partial charge < -0.3 is 15.7 Å². The minimum atomic E-state index is -0.996. The minimum absolute atomic E-state index is 0.0822. The maximum atomic E-state index is 13.4. The first kappa shape index (κ1) is 19.0. The van der Waals surface area contributed by atoms with Gasteiger partial charge in [0, 0.05) is 6.07 Å². The SMILES string of the molecule is CC(C)(C)CC(CO)NC(=O)CNC(=O)c1ccc(F)cc1F. The van der Waals surface area contributed by atoms with Gasteiger partial charge in [0.15, 0.2) is 0 Å². The molecule has 0 bridgehead atoms. The molecule has 1 atom stereocenters. The fraction of sp³-hybridized carbons (Fsp3) is 0.500. The molecule has 3 N–H and O–H groups in total. The van der Waals surface area contributed by atoms with E-state index in [0.29, 0.717) is 12.5 Å². The van der Waals surface area contributed by atoms with Crippen molar-refractivity contribution in [2.75, 3.05) is 13.2 Å². The van der Waals surface area contributed by atoms with Crippen LogP contribution in [0.4, 0.5) is 8.78 Å². The average molecular weight is 328 g/mol. The maximum absolute atomic E-state index is 13.4. The summed E-state index contributed by atoms with van der Waals surface area (Å²) in [6.07, 6.45) is 0.565. The van der Waals surface area contributed by atoms with E-state index >= 15 is 0 Å². The van der Waals surface area contributed by atoms with Crippen LogP contribution in [0.25, 0.3) is 0 Å². The number of aliphatic hydroxyl groups excluding tert-OH is 1. The van der Waals surface area contributed by atoms with E-state index in [1.807, 2.05) is 20.8 Å². The van der Waals surface area contributed by atoms with E-state index in [2.05, 4.69) is 10.6 Å². The first-order valence-corrected chi connectivity index (χ1v) is 7.26. The van der Waals surface area contributed by atoms with Crippen molar-refractivity contribution in [1.82, 2.24) is 10.6 Å². The summed E-state index contributed by atoms with van der Waals surface area (Å²) in [6.45, 7) is 5.34. The second kappa shape index (κ2) is 8.01. The monoisotopic (exact) mass is 328 g/mol. The summed E-state index contributed by atoms with van der Waals surface area (Å²) in [5.74, 6) is -3.09. The zero-order chi connectivity index (χ0) is 17.6. The van der Waals surface area contributed by atoms with Crippen molar-refractivity contribution in [3.8, 4) is 0 Å². The fourth-order valence-electron chi connectivity index (χ4n) is 2.11. The lowest BCUT2D eigenvalue weighted by Gasteiger charge is -2.25. The summed E-state index contributed by atoms with van der Waals surface area (Å²) in [6, 6.07) is 2.14. The molecule has 0 heterocycles. The second-order valence-electron chi connectivity index (χ2n) is 6.52. The first-order chi connectivity index (χ1) is 10.6. The predicted octanol–water partition coefficient (Wildman–Crippen LogP) is 1.61. The van der Waals surface area contributed by atoms with Gasteiger partial charge in [0.1, 0.15) is 11.6 Å². The normalized spacial score (nSPS) is 12.6. The molecule has 5 nitrogen and oxygen atoms in total. The lowest BCUT2D eigenvalue weighted by atomic mass is 9.88. The smallest absolute Gasteiger partial charge is 0.254 e. The molecule has 128 valence electrons. The lowest BCUT2D eigenvalue weighted by molar-refractivity contribution is -0.121.